The number of amidine groups is 1. The number of hydrogen-bond donors (Lipinski definition) is 3. The molecule has 0 saturated heterocycles. The van der Waals surface area contributed by atoms with Gasteiger partial charge in [0.2, 0.25) is 0 Å². The highest BCUT2D eigenvalue weighted by Crippen LogP contribution is 2.38. The van der Waals surface area contributed by atoms with Gasteiger partial charge in [-0.1, -0.05) is 25.5 Å². The first kappa shape index (κ1) is 18.4. The molecule has 6 nitrogen and oxygen atoms in total. The van der Waals surface area contributed by atoms with Gasteiger partial charge in [0.1, 0.15) is 17.8 Å². The molecular formula is C21H23FN4O2. The maximum Gasteiger partial charge on any atom is 0.170 e. The lowest BCUT2D eigenvalue weighted by molar-refractivity contribution is 0.0990. The Labute approximate surface area is 162 Å². The number of aromatic hydroxyl groups is 1. The maximum absolute atomic E-state index is 14.1. The number of nitrogens with zero attached hydrogens (tertiary/aromatic N) is 2. The summed E-state index contributed by atoms with van der Waals surface area (Å²) in [5, 5.41) is 19.1. The van der Waals surface area contributed by atoms with Crippen LogP contribution in [-0.4, -0.2) is 17.0 Å². The minimum atomic E-state index is -0.691. The number of phenols is 1. The maximum atomic E-state index is 14.1. The van der Waals surface area contributed by atoms with Crippen molar-refractivity contribution in [1.29, 1.82) is 5.41 Å². The van der Waals surface area contributed by atoms with Gasteiger partial charge in [-0.15, -0.1) is 0 Å². The molecule has 1 unspecified atom stereocenters. The van der Waals surface area contributed by atoms with Crippen molar-refractivity contribution in [2.75, 3.05) is 0 Å². The zero-order valence-corrected chi connectivity index (χ0v) is 15.7. The van der Waals surface area contributed by atoms with Crippen LogP contribution in [0.1, 0.15) is 49.9 Å². The van der Waals surface area contributed by atoms with Gasteiger partial charge >= 0.3 is 0 Å². The lowest BCUT2D eigenvalue weighted by atomic mass is 9.88. The number of rotatable bonds is 4. The molecule has 0 bridgehead atoms. The second-order valence-electron chi connectivity index (χ2n) is 7.48. The third-order valence-electron chi connectivity index (χ3n) is 5.50. The second kappa shape index (κ2) is 7.22. The SMILES string of the molecule is C[C@H]1CCCC[C@@H]1Oc1cccc(C2N=c3cc(F)c(C(=N)N)cc3=N2)c1O. The fourth-order valence-electron chi connectivity index (χ4n) is 3.86. The minimum Gasteiger partial charge on any atom is -0.504 e. The Morgan fingerprint density at radius 1 is 1.21 bits per heavy atom. The molecule has 1 aliphatic heterocycles. The molecular weight excluding hydrogens is 359 g/mol. The predicted octanol–water partition coefficient (Wildman–Crippen LogP) is 2.72. The number of benzene rings is 2. The molecule has 1 aliphatic carbocycles. The van der Waals surface area contributed by atoms with E-state index in [1.807, 2.05) is 0 Å². The van der Waals surface area contributed by atoms with Crippen molar-refractivity contribution in [3.05, 3.63) is 58.0 Å². The summed E-state index contributed by atoms with van der Waals surface area (Å²) in [5.74, 6) is -0.0989. The molecule has 1 fully saturated rings. The summed E-state index contributed by atoms with van der Waals surface area (Å²) in [6.07, 6.45) is 3.83. The molecule has 4 N–H and O–H groups in total. The predicted molar refractivity (Wildman–Crippen MR) is 103 cm³/mol. The molecule has 1 saturated carbocycles. The number of nitrogens with two attached hydrogens (primary N) is 1. The Morgan fingerprint density at radius 3 is 2.64 bits per heavy atom. The van der Waals surface area contributed by atoms with E-state index in [9.17, 15) is 9.50 Å². The van der Waals surface area contributed by atoms with Crippen molar-refractivity contribution in [2.45, 2.75) is 44.9 Å². The molecule has 7 heteroatoms. The Hall–Kier alpha value is -2.96. The van der Waals surface area contributed by atoms with Crippen LogP contribution in [-0.2, 0) is 0 Å². The molecule has 2 aliphatic rings. The Balaban J connectivity index is 1.66. The van der Waals surface area contributed by atoms with Crippen molar-refractivity contribution in [3.8, 4) is 11.5 Å². The van der Waals surface area contributed by atoms with Gasteiger partial charge in [-0.3, -0.25) is 15.4 Å². The average molecular weight is 382 g/mol. The largest absolute Gasteiger partial charge is 0.504 e. The summed E-state index contributed by atoms with van der Waals surface area (Å²) < 4.78 is 20.2. The van der Waals surface area contributed by atoms with Gasteiger partial charge in [-0.25, -0.2) is 4.39 Å². The molecule has 4 rings (SSSR count). The highest BCUT2D eigenvalue weighted by Gasteiger charge is 2.26. The molecule has 0 spiro atoms. The molecule has 2 aromatic carbocycles. The van der Waals surface area contributed by atoms with Crippen LogP contribution in [0.3, 0.4) is 0 Å². The first-order valence-electron chi connectivity index (χ1n) is 9.52. The van der Waals surface area contributed by atoms with E-state index < -0.39 is 12.0 Å². The van der Waals surface area contributed by atoms with E-state index in [0.29, 0.717) is 27.9 Å². The molecule has 28 heavy (non-hydrogen) atoms. The van der Waals surface area contributed by atoms with Crippen molar-refractivity contribution in [3.63, 3.8) is 0 Å². The fourth-order valence-corrected chi connectivity index (χ4v) is 3.86. The number of fused-ring (bicyclic) bond motifs is 1. The van der Waals surface area contributed by atoms with E-state index >= 15 is 0 Å². The summed E-state index contributed by atoms with van der Waals surface area (Å²) in [4.78, 5) is 8.88. The highest BCUT2D eigenvalue weighted by atomic mass is 19.1. The van der Waals surface area contributed by atoms with Crippen LogP contribution in [0, 0.1) is 17.1 Å². The summed E-state index contributed by atoms with van der Waals surface area (Å²) in [7, 11) is 0. The normalized spacial score (nSPS) is 23.4. The van der Waals surface area contributed by atoms with E-state index in [-0.39, 0.29) is 23.3 Å². The van der Waals surface area contributed by atoms with Crippen molar-refractivity contribution in [1.82, 2.24) is 0 Å². The number of hydrogen-bond acceptors (Lipinski definition) is 5. The lowest BCUT2D eigenvalue weighted by Crippen LogP contribution is -2.28. The summed E-state index contributed by atoms with van der Waals surface area (Å²) in [6.45, 7) is 2.17. The molecule has 0 aromatic heterocycles. The standard InChI is InChI=1S/C21H23FN4O2/c1-11-5-2-3-7-17(11)28-18-8-4-6-12(19(18)27)21-25-15-9-13(20(23)24)14(22)10-16(15)26-21/h4,6,8-11,17,21,27H,2-3,5,7H2,1H3,(H3,23,24)/t11-,17-,21?/m0/s1. The van der Waals surface area contributed by atoms with E-state index in [1.165, 1.54) is 18.6 Å². The van der Waals surface area contributed by atoms with Gasteiger partial charge in [0.05, 0.1) is 16.3 Å². The third-order valence-corrected chi connectivity index (χ3v) is 5.50. The van der Waals surface area contributed by atoms with Gasteiger partial charge in [-0.2, -0.15) is 0 Å². The topological polar surface area (TPSA) is 104 Å². The van der Waals surface area contributed by atoms with Crippen LogP contribution < -0.4 is 21.2 Å². The molecule has 0 radical (unpaired) electrons. The van der Waals surface area contributed by atoms with Gasteiger partial charge in [0, 0.05) is 11.6 Å². The van der Waals surface area contributed by atoms with Crippen LogP contribution >= 0.6 is 0 Å². The zero-order valence-electron chi connectivity index (χ0n) is 15.7. The Bertz CT molecular complexity index is 1050. The summed E-state index contributed by atoms with van der Waals surface area (Å²) in [5.41, 5.74) is 5.91. The monoisotopic (exact) mass is 382 g/mol. The van der Waals surface area contributed by atoms with E-state index in [2.05, 4.69) is 16.9 Å². The molecule has 0 amide bonds. The highest BCUT2D eigenvalue weighted by molar-refractivity contribution is 5.95. The van der Waals surface area contributed by atoms with E-state index in [4.69, 9.17) is 15.9 Å². The lowest BCUT2D eigenvalue weighted by Gasteiger charge is -2.29. The quantitative estimate of drug-likeness (QED) is 0.559. The molecule has 3 atom stereocenters. The fraction of sp³-hybridized carbons (Fsp3) is 0.381. The molecule has 146 valence electrons. The van der Waals surface area contributed by atoms with Crippen LogP contribution in [0.4, 0.5) is 4.39 Å². The first-order valence-corrected chi connectivity index (χ1v) is 9.52. The first-order chi connectivity index (χ1) is 13.4. The summed E-state index contributed by atoms with van der Waals surface area (Å²) in [6, 6.07) is 7.91. The zero-order chi connectivity index (χ0) is 19.8. The van der Waals surface area contributed by atoms with E-state index in [0.717, 1.165) is 19.3 Å². The van der Waals surface area contributed by atoms with Gasteiger partial charge in [0.25, 0.3) is 0 Å². The Morgan fingerprint density at radius 2 is 1.93 bits per heavy atom. The van der Waals surface area contributed by atoms with Crippen molar-refractivity contribution >= 4 is 5.84 Å². The van der Waals surface area contributed by atoms with Crippen LogP contribution in [0.25, 0.3) is 0 Å². The number of halogens is 1. The smallest absolute Gasteiger partial charge is 0.170 e. The van der Waals surface area contributed by atoms with Crippen LogP contribution in [0.15, 0.2) is 40.3 Å². The average Bonchev–Trinajstić information content (AvgIpc) is 3.06. The number of ether oxygens (including phenoxy) is 1. The Kier molecular flexibility index (Phi) is 4.75. The van der Waals surface area contributed by atoms with Gasteiger partial charge in [0.15, 0.2) is 17.7 Å². The molecule has 2 aromatic rings. The number of nitrogen functional groups attached to an aromatic ring is 1. The van der Waals surface area contributed by atoms with Crippen LogP contribution in [0.5, 0.6) is 11.5 Å². The summed E-state index contributed by atoms with van der Waals surface area (Å²) >= 11 is 0. The van der Waals surface area contributed by atoms with Crippen LogP contribution in [0.2, 0.25) is 0 Å². The minimum absolute atomic E-state index is 0.00839. The molecule has 1 heterocycles. The number of phenolic OH excluding ortho intramolecular Hbond substituents is 1. The van der Waals surface area contributed by atoms with Gasteiger partial charge in [-0.05, 0) is 37.3 Å². The number of nitrogens with one attached hydrogen (secondary N) is 1. The number of para-hydroxylation sites is 1. The second-order valence-corrected chi connectivity index (χ2v) is 7.48. The van der Waals surface area contributed by atoms with Gasteiger partial charge < -0.3 is 15.6 Å². The van der Waals surface area contributed by atoms with E-state index in [1.54, 1.807) is 18.2 Å². The van der Waals surface area contributed by atoms with Crippen molar-refractivity contribution in [2.24, 2.45) is 21.6 Å². The third kappa shape index (κ3) is 3.32. The van der Waals surface area contributed by atoms with Crippen molar-refractivity contribution < 1.29 is 14.2 Å².